The second-order valence-corrected chi connectivity index (χ2v) is 13.6. The van der Waals surface area contributed by atoms with Crippen LogP contribution < -0.4 is 0 Å². The molecule has 0 fully saturated rings. The van der Waals surface area contributed by atoms with Crippen LogP contribution in [-0.4, -0.2) is 19.9 Å². The van der Waals surface area contributed by atoms with Crippen molar-refractivity contribution in [1.82, 2.24) is 19.9 Å². The third-order valence-electron chi connectivity index (χ3n) is 9.01. The molecule has 9 rings (SSSR count). The highest BCUT2D eigenvalue weighted by Crippen LogP contribution is 2.39. The van der Waals surface area contributed by atoms with Crippen molar-refractivity contribution in [3.05, 3.63) is 169 Å². The third-order valence-corrected chi connectivity index (χ3v) is 10.1. The summed E-state index contributed by atoms with van der Waals surface area (Å²) in [5, 5.41) is 4.85. The van der Waals surface area contributed by atoms with Gasteiger partial charge in [0.25, 0.3) is 0 Å². The van der Waals surface area contributed by atoms with Gasteiger partial charge in [0.1, 0.15) is 0 Å². The number of thiophene rings is 1. The number of rotatable bonds is 6. The topological polar surface area (TPSA) is 51.6 Å². The first-order chi connectivity index (χ1) is 24.7. The molecular formula is C45H30N4S. The zero-order chi connectivity index (χ0) is 33.4. The number of nitrogens with zero attached hydrogens (tertiary/aromatic N) is 4. The highest BCUT2D eigenvalue weighted by atomic mass is 32.1. The maximum absolute atomic E-state index is 5.38. The molecule has 0 bridgehead atoms. The van der Waals surface area contributed by atoms with Crippen LogP contribution in [0.3, 0.4) is 0 Å². The number of hydrogen-bond donors (Lipinski definition) is 0. The minimum Gasteiger partial charge on any atom is -0.248 e. The second kappa shape index (κ2) is 12.6. The summed E-state index contributed by atoms with van der Waals surface area (Å²) < 4.78 is 0. The zero-order valence-electron chi connectivity index (χ0n) is 27.3. The minimum atomic E-state index is 0.616. The Balaban J connectivity index is 1.23. The third kappa shape index (κ3) is 5.64. The summed E-state index contributed by atoms with van der Waals surface area (Å²) in [6, 6.07) is 56.9. The molecule has 5 heteroatoms. The fourth-order valence-corrected chi connectivity index (χ4v) is 7.42. The average molecular weight is 659 g/mol. The summed E-state index contributed by atoms with van der Waals surface area (Å²) in [5.74, 6) is 1.89. The second-order valence-electron chi connectivity index (χ2n) is 12.3. The molecule has 0 saturated carbocycles. The number of hydrogen-bond acceptors (Lipinski definition) is 5. The van der Waals surface area contributed by atoms with E-state index in [4.69, 9.17) is 19.9 Å². The highest BCUT2D eigenvalue weighted by molar-refractivity contribution is 7.15. The molecule has 6 aromatic carbocycles. The number of benzene rings is 6. The van der Waals surface area contributed by atoms with Crippen molar-refractivity contribution in [3.63, 3.8) is 0 Å². The molecule has 0 spiro atoms. The fraction of sp³-hybridized carbons (Fsp3) is 0.0222. The van der Waals surface area contributed by atoms with Crippen molar-refractivity contribution in [3.8, 4) is 67.1 Å². The van der Waals surface area contributed by atoms with Crippen LogP contribution in [0.5, 0.6) is 0 Å². The molecule has 0 saturated heterocycles. The van der Waals surface area contributed by atoms with E-state index in [1.165, 1.54) is 31.3 Å². The molecule has 50 heavy (non-hydrogen) atoms. The molecule has 0 amide bonds. The molecular weight excluding hydrogens is 629 g/mol. The van der Waals surface area contributed by atoms with Crippen LogP contribution in [0.2, 0.25) is 0 Å². The lowest BCUT2D eigenvalue weighted by Gasteiger charge is -2.14. The quantitative estimate of drug-likeness (QED) is 0.167. The van der Waals surface area contributed by atoms with Gasteiger partial charge >= 0.3 is 0 Å². The summed E-state index contributed by atoms with van der Waals surface area (Å²) in [5.41, 5.74) is 7.86. The Labute approximate surface area is 294 Å². The molecule has 9 aromatic rings. The Hall–Kier alpha value is -6.30. The molecule has 0 atom stereocenters. The van der Waals surface area contributed by atoms with Crippen LogP contribution in [0.25, 0.3) is 88.7 Å². The van der Waals surface area contributed by atoms with Gasteiger partial charge in [0.05, 0.1) is 11.4 Å². The lowest BCUT2D eigenvalue weighted by atomic mass is 9.94. The van der Waals surface area contributed by atoms with Crippen LogP contribution in [-0.2, 0) is 0 Å². The largest absolute Gasteiger partial charge is 0.248 e. The smallest absolute Gasteiger partial charge is 0.164 e. The minimum absolute atomic E-state index is 0.616. The van der Waals surface area contributed by atoms with Crippen LogP contribution in [0, 0.1) is 6.92 Å². The van der Waals surface area contributed by atoms with Gasteiger partial charge < -0.3 is 0 Å². The van der Waals surface area contributed by atoms with Gasteiger partial charge in [-0.25, -0.2) is 19.9 Å². The van der Waals surface area contributed by atoms with E-state index in [1.807, 2.05) is 60.7 Å². The van der Waals surface area contributed by atoms with E-state index in [1.54, 1.807) is 11.3 Å². The van der Waals surface area contributed by atoms with E-state index in [-0.39, 0.29) is 0 Å². The molecule has 0 aliphatic heterocycles. The van der Waals surface area contributed by atoms with Crippen molar-refractivity contribution >= 4 is 32.9 Å². The monoisotopic (exact) mass is 658 g/mol. The summed E-state index contributed by atoms with van der Waals surface area (Å²) in [4.78, 5) is 22.7. The highest BCUT2D eigenvalue weighted by Gasteiger charge is 2.16. The molecule has 236 valence electrons. The van der Waals surface area contributed by atoms with E-state index in [0.717, 1.165) is 44.8 Å². The van der Waals surface area contributed by atoms with Crippen molar-refractivity contribution < 1.29 is 0 Å². The Morgan fingerprint density at radius 2 is 0.940 bits per heavy atom. The van der Waals surface area contributed by atoms with Gasteiger partial charge in [-0.3, -0.25) is 0 Å². The Morgan fingerprint density at radius 3 is 1.62 bits per heavy atom. The molecule has 0 aliphatic carbocycles. The predicted octanol–water partition coefficient (Wildman–Crippen LogP) is 11.9. The van der Waals surface area contributed by atoms with Gasteiger partial charge in [0, 0.05) is 37.6 Å². The lowest BCUT2D eigenvalue weighted by Crippen LogP contribution is -2.00. The lowest BCUT2D eigenvalue weighted by molar-refractivity contribution is 1.07. The molecule has 0 radical (unpaired) electrons. The number of aryl methyl sites for hydroxylation is 1. The van der Waals surface area contributed by atoms with Crippen molar-refractivity contribution in [2.24, 2.45) is 0 Å². The molecule has 0 aliphatic rings. The van der Waals surface area contributed by atoms with Crippen LogP contribution >= 0.6 is 11.3 Å². The maximum Gasteiger partial charge on any atom is 0.164 e. The van der Waals surface area contributed by atoms with Gasteiger partial charge in [-0.1, -0.05) is 127 Å². The van der Waals surface area contributed by atoms with Crippen molar-refractivity contribution in [2.45, 2.75) is 6.92 Å². The number of pyridine rings is 1. The molecule has 3 heterocycles. The van der Waals surface area contributed by atoms with E-state index in [0.29, 0.717) is 17.5 Å². The van der Waals surface area contributed by atoms with Crippen LogP contribution in [0.1, 0.15) is 4.88 Å². The van der Waals surface area contributed by atoms with Crippen LogP contribution in [0.4, 0.5) is 0 Å². The first-order valence-corrected chi connectivity index (χ1v) is 17.5. The number of aromatic nitrogens is 4. The van der Waals surface area contributed by atoms with E-state index >= 15 is 0 Å². The van der Waals surface area contributed by atoms with Gasteiger partial charge in [-0.05, 0) is 70.4 Å². The van der Waals surface area contributed by atoms with Crippen LogP contribution in [0.15, 0.2) is 164 Å². The summed E-state index contributed by atoms with van der Waals surface area (Å²) in [6.07, 6.45) is 0. The Bertz CT molecular complexity index is 2610. The normalized spacial score (nSPS) is 11.3. The van der Waals surface area contributed by atoms with Gasteiger partial charge in [0.2, 0.25) is 0 Å². The molecule has 0 N–H and O–H groups in total. The molecule has 4 nitrogen and oxygen atoms in total. The SMILES string of the molecule is Cc1ccc(-c2cc(-c3cccc(-c4nc(-c5ccccc5)nc(-c5ccccc5)n4)c3)nc(-c3cc4ccccc4c4ccccc34)c2)s1. The van der Waals surface area contributed by atoms with Gasteiger partial charge in [0.15, 0.2) is 17.5 Å². The zero-order valence-corrected chi connectivity index (χ0v) is 28.1. The summed E-state index contributed by atoms with van der Waals surface area (Å²) >= 11 is 1.80. The van der Waals surface area contributed by atoms with E-state index in [9.17, 15) is 0 Å². The first kappa shape index (κ1) is 29.8. The van der Waals surface area contributed by atoms with E-state index in [2.05, 4.69) is 110 Å². The fourth-order valence-electron chi connectivity index (χ4n) is 6.57. The standard InChI is InChI=1S/C45H30N4S/c1-29-23-24-42(50-29)35-27-40(46-41(28-35)39-26-32-17-8-9-20-36(32)37-21-10-11-22-38(37)39)33-18-12-19-34(25-33)45-48-43(30-13-4-2-5-14-30)47-44(49-45)31-15-6-3-7-16-31/h2-28H,1H3. The van der Waals surface area contributed by atoms with E-state index < -0.39 is 0 Å². The van der Waals surface area contributed by atoms with Crippen molar-refractivity contribution in [2.75, 3.05) is 0 Å². The average Bonchev–Trinajstić information content (AvgIpc) is 3.64. The maximum atomic E-state index is 5.38. The predicted molar refractivity (Wildman–Crippen MR) is 208 cm³/mol. The summed E-state index contributed by atoms with van der Waals surface area (Å²) in [6.45, 7) is 2.15. The Morgan fingerprint density at radius 1 is 0.380 bits per heavy atom. The Kier molecular flexibility index (Phi) is 7.52. The first-order valence-electron chi connectivity index (χ1n) is 16.6. The summed E-state index contributed by atoms with van der Waals surface area (Å²) in [7, 11) is 0. The van der Waals surface area contributed by atoms with Gasteiger partial charge in [-0.2, -0.15) is 0 Å². The molecule has 3 aromatic heterocycles. The molecule has 0 unspecified atom stereocenters. The number of fused-ring (bicyclic) bond motifs is 3. The van der Waals surface area contributed by atoms with Crippen molar-refractivity contribution in [1.29, 1.82) is 0 Å². The van der Waals surface area contributed by atoms with Gasteiger partial charge in [-0.15, -0.1) is 11.3 Å².